The Bertz CT molecular complexity index is 63.4. The van der Waals surface area contributed by atoms with Crippen LogP contribution in [0.4, 0.5) is 0 Å². The molecule has 3 heteroatoms. The summed E-state index contributed by atoms with van der Waals surface area (Å²) >= 11 is 0. The molecule has 0 aliphatic rings. The van der Waals surface area contributed by atoms with Crippen molar-refractivity contribution in [3.05, 3.63) is 0 Å². The third-order valence-electron chi connectivity index (χ3n) is 0.759. The molecule has 1 unspecified atom stereocenters. The fraction of sp³-hybridized carbons (Fsp3) is 0.800. The summed E-state index contributed by atoms with van der Waals surface area (Å²) in [5.41, 5.74) is 5.34. The Kier molecular flexibility index (Phi) is 4.26. The van der Waals surface area contributed by atoms with Gasteiger partial charge in [-0.2, -0.15) is 0 Å². The molecule has 0 aromatic rings. The maximum absolute atomic E-state index is 9.52. The first-order valence-corrected chi connectivity index (χ1v) is 2.58. The van der Waals surface area contributed by atoms with E-state index < -0.39 is 0 Å². The molecule has 1 atom stereocenters. The highest BCUT2D eigenvalue weighted by molar-refractivity contribution is 5.36. The minimum absolute atomic E-state index is 0.120. The molecular formula is C5H11NO2. The zero-order chi connectivity index (χ0) is 6.41. The predicted octanol–water partition coefficient (Wildman–Crippen LogP) is -0.103. The number of carbonyl (C=O) groups excluding carboxylic acids is 1. The summed E-state index contributed by atoms with van der Waals surface area (Å²) in [6, 6.07) is 0.120. The fourth-order valence-corrected chi connectivity index (χ4v) is 0.302. The summed E-state index contributed by atoms with van der Waals surface area (Å²) in [6.07, 6.45) is 0.735. The zero-order valence-electron chi connectivity index (χ0n) is 4.96. The SMILES string of the molecule is CC(N)CCOC=O. The molecule has 3 nitrogen and oxygen atoms in total. The number of rotatable bonds is 4. The molecular weight excluding hydrogens is 106 g/mol. The molecule has 48 valence electrons. The summed E-state index contributed by atoms with van der Waals surface area (Å²) in [5, 5.41) is 0. The zero-order valence-corrected chi connectivity index (χ0v) is 4.96. The van der Waals surface area contributed by atoms with Crippen molar-refractivity contribution in [3.63, 3.8) is 0 Å². The maximum Gasteiger partial charge on any atom is 0.293 e. The van der Waals surface area contributed by atoms with Gasteiger partial charge in [0.15, 0.2) is 0 Å². The van der Waals surface area contributed by atoms with E-state index in [1.54, 1.807) is 0 Å². The third-order valence-corrected chi connectivity index (χ3v) is 0.759. The quantitative estimate of drug-likeness (QED) is 0.413. The van der Waals surface area contributed by atoms with Crippen LogP contribution in [0.25, 0.3) is 0 Å². The van der Waals surface area contributed by atoms with Crippen molar-refractivity contribution in [2.45, 2.75) is 19.4 Å². The van der Waals surface area contributed by atoms with E-state index in [1.165, 1.54) is 0 Å². The van der Waals surface area contributed by atoms with E-state index in [4.69, 9.17) is 5.73 Å². The monoisotopic (exact) mass is 117 g/mol. The molecule has 0 aliphatic carbocycles. The predicted molar refractivity (Wildman–Crippen MR) is 30.3 cm³/mol. The van der Waals surface area contributed by atoms with E-state index in [0.717, 1.165) is 6.42 Å². The van der Waals surface area contributed by atoms with Gasteiger partial charge in [-0.05, 0) is 13.3 Å². The molecule has 0 fully saturated rings. The average molecular weight is 117 g/mol. The summed E-state index contributed by atoms with van der Waals surface area (Å²) in [5.74, 6) is 0. The lowest BCUT2D eigenvalue weighted by atomic mass is 10.3. The topological polar surface area (TPSA) is 52.3 Å². The highest BCUT2D eigenvalue weighted by Crippen LogP contribution is 1.83. The number of carbonyl (C=O) groups is 1. The van der Waals surface area contributed by atoms with Crippen molar-refractivity contribution in [2.75, 3.05) is 6.61 Å². The molecule has 0 aliphatic heterocycles. The van der Waals surface area contributed by atoms with Crippen molar-refractivity contribution in [1.29, 1.82) is 0 Å². The lowest BCUT2D eigenvalue weighted by Gasteiger charge is -2.00. The second kappa shape index (κ2) is 4.59. The fourth-order valence-electron chi connectivity index (χ4n) is 0.302. The Morgan fingerprint density at radius 1 is 1.88 bits per heavy atom. The standard InChI is InChI=1S/C5H11NO2/c1-5(6)2-3-8-4-7/h4-5H,2-3,6H2,1H3. The molecule has 8 heavy (non-hydrogen) atoms. The van der Waals surface area contributed by atoms with Crippen molar-refractivity contribution in [3.8, 4) is 0 Å². The van der Waals surface area contributed by atoms with Crippen molar-refractivity contribution in [2.24, 2.45) is 5.73 Å². The van der Waals surface area contributed by atoms with Crippen LogP contribution in [0.3, 0.4) is 0 Å². The lowest BCUT2D eigenvalue weighted by Crippen LogP contribution is -2.16. The molecule has 0 saturated carbocycles. The van der Waals surface area contributed by atoms with Crippen molar-refractivity contribution >= 4 is 6.47 Å². The van der Waals surface area contributed by atoms with E-state index >= 15 is 0 Å². The first kappa shape index (κ1) is 7.43. The number of nitrogens with two attached hydrogens (primary N) is 1. The highest BCUT2D eigenvalue weighted by atomic mass is 16.5. The molecule has 0 radical (unpaired) electrons. The van der Waals surface area contributed by atoms with Gasteiger partial charge < -0.3 is 10.5 Å². The molecule has 2 N–H and O–H groups in total. The second-order valence-corrected chi connectivity index (χ2v) is 1.73. The molecule has 0 rings (SSSR count). The highest BCUT2D eigenvalue weighted by Gasteiger charge is 1.90. The van der Waals surface area contributed by atoms with Gasteiger partial charge in [-0.25, -0.2) is 0 Å². The van der Waals surface area contributed by atoms with Gasteiger partial charge in [-0.1, -0.05) is 0 Å². The molecule has 0 bridgehead atoms. The van der Waals surface area contributed by atoms with Crippen LogP contribution in [-0.2, 0) is 9.53 Å². The lowest BCUT2D eigenvalue weighted by molar-refractivity contribution is -0.128. The Hall–Kier alpha value is -0.570. The Morgan fingerprint density at radius 2 is 2.50 bits per heavy atom. The maximum atomic E-state index is 9.52. The van der Waals surface area contributed by atoms with Crippen LogP contribution < -0.4 is 5.73 Å². The van der Waals surface area contributed by atoms with E-state index in [0.29, 0.717) is 13.1 Å². The van der Waals surface area contributed by atoms with Gasteiger partial charge in [0, 0.05) is 6.04 Å². The second-order valence-electron chi connectivity index (χ2n) is 1.73. The molecule has 0 aromatic carbocycles. The van der Waals surface area contributed by atoms with Gasteiger partial charge in [0.2, 0.25) is 0 Å². The summed E-state index contributed by atoms with van der Waals surface area (Å²) < 4.78 is 4.38. The van der Waals surface area contributed by atoms with Crippen LogP contribution in [0.2, 0.25) is 0 Å². The molecule has 0 saturated heterocycles. The largest absolute Gasteiger partial charge is 0.468 e. The van der Waals surface area contributed by atoms with Crippen LogP contribution in [0.1, 0.15) is 13.3 Å². The van der Waals surface area contributed by atoms with Crippen LogP contribution in [0.5, 0.6) is 0 Å². The van der Waals surface area contributed by atoms with Crippen LogP contribution in [-0.4, -0.2) is 19.1 Å². The molecule has 0 heterocycles. The first-order chi connectivity index (χ1) is 3.77. The van der Waals surface area contributed by atoms with E-state index in [2.05, 4.69) is 4.74 Å². The van der Waals surface area contributed by atoms with Gasteiger partial charge in [-0.3, -0.25) is 4.79 Å². The third kappa shape index (κ3) is 5.43. The van der Waals surface area contributed by atoms with Crippen molar-refractivity contribution in [1.82, 2.24) is 0 Å². The van der Waals surface area contributed by atoms with Crippen molar-refractivity contribution < 1.29 is 9.53 Å². The smallest absolute Gasteiger partial charge is 0.293 e. The van der Waals surface area contributed by atoms with Crippen LogP contribution in [0.15, 0.2) is 0 Å². The average Bonchev–Trinajstić information content (AvgIpc) is 1.66. The normalized spacial score (nSPS) is 12.8. The van der Waals surface area contributed by atoms with E-state index in [-0.39, 0.29) is 6.04 Å². The van der Waals surface area contributed by atoms with Gasteiger partial charge in [0.1, 0.15) is 0 Å². The Morgan fingerprint density at radius 3 is 2.88 bits per heavy atom. The molecule has 0 aromatic heterocycles. The number of hydrogen-bond donors (Lipinski definition) is 1. The minimum Gasteiger partial charge on any atom is -0.468 e. The van der Waals surface area contributed by atoms with Gasteiger partial charge in [0.05, 0.1) is 6.61 Å². The van der Waals surface area contributed by atoms with E-state index in [9.17, 15) is 4.79 Å². The summed E-state index contributed by atoms with van der Waals surface area (Å²) in [6.45, 7) is 2.73. The summed E-state index contributed by atoms with van der Waals surface area (Å²) in [7, 11) is 0. The Balaban J connectivity index is 2.81. The van der Waals surface area contributed by atoms with Gasteiger partial charge in [0.25, 0.3) is 6.47 Å². The molecule has 0 amide bonds. The number of hydrogen-bond acceptors (Lipinski definition) is 3. The molecule has 0 spiro atoms. The van der Waals surface area contributed by atoms with Crippen LogP contribution >= 0.6 is 0 Å². The minimum atomic E-state index is 0.120. The van der Waals surface area contributed by atoms with Gasteiger partial charge in [-0.15, -0.1) is 0 Å². The number of ether oxygens (including phenoxy) is 1. The first-order valence-electron chi connectivity index (χ1n) is 2.58. The van der Waals surface area contributed by atoms with Crippen LogP contribution in [0, 0.1) is 0 Å². The Labute approximate surface area is 48.8 Å². The van der Waals surface area contributed by atoms with Gasteiger partial charge >= 0.3 is 0 Å². The van der Waals surface area contributed by atoms with E-state index in [1.807, 2.05) is 6.92 Å². The summed E-state index contributed by atoms with van der Waals surface area (Å²) in [4.78, 5) is 9.52.